The topological polar surface area (TPSA) is 56.7 Å². The summed E-state index contributed by atoms with van der Waals surface area (Å²) in [5, 5.41) is 8.96. The standard InChI is InChI=1S/C11H12ClFN4S/c1-2-10-15-16-11(17(10)14)18-6-7-3-4-8(13)5-9(7)12/h3-5H,2,6,14H2,1H3. The van der Waals surface area contributed by atoms with Crippen LogP contribution in [0.5, 0.6) is 0 Å². The Hall–Kier alpha value is -1.27. The largest absolute Gasteiger partial charge is 0.336 e. The van der Waals surface area contributed by atoms with E-state index in [0.717, 1.165) is 17.8 Å². The molecule has 1 heterocycles. The number of hydrogen-bond donors (Lipinski definition) is 1. The number of nitrogens with two attached hydrogens (primary N) is 1. The molecule has 0 spiro atoms. The predicted octanol–water partition coefficient (Wildman–Crippen LogP) is 2.64. The summed E-state index contributed by atoms with van der Waals surface area (Å²) in [5.74, 6) is 6.77. The third kappa shape index (κ3) is 2.76. The first kappa shape index (κ1) is 13.2. The molecule has 96 valence electrons. The zero-order valence-corrected chi connectivity index (χ0v) is 11.3. The lowest BCUT2D eigenvalue weighted by atomic mass is 10.2. The SMILES string of the molecule is CCc1nnc(SCc2ccc(F)cc2Cl)n1N. The van der Waals surface area contributed by atoms with Crippen LogP contribution >= 0.6 is 23.4 Å². The zero-order valence-electron chi connectivity index (χ0n) is 9.73. The van der Waals surface area contributed by atoms with Crippen molar-refractivity contribution in [3.63, 3.8) is 0 Å². The molecule has 1 aromatic heterocycles. The zero-order chi connectivity index (χ0) is 13.1. The van der Waals surface area contributed by atoms with Gasteiger partial charge in [-0.3, -0.25) is 0 Å². The molecule has 0 saturated heterocycles. The molecule has 0 unspecified atom stereocenters. The summed E-state index contributed by atoms with van der Waals surface area (Å²) in [6.07, 6.45) is 0.724. The number of nitrogens with zero attached hydrogens (tertiary/aromatic N) is 3. The van der Waals surface area contributed by atoms with Crippen LogP contribution in [-0.2, 0) is 12.2 Å². The van der Waals surface area contributed by atoms with Crippen molar-refractivity contribution in [3.8, 4) is 0 Å². The van der Waals surface area contributed by atoms with Crippen LogP contribution in [0.2, 0.25) is 5.02 Å². The van der Waals surface area contributed by atoms with E-state index < -0.39 is 0 Å². The van der Waals surface area contributed by atoms with Gasteiger partial charge in [0, 0.05) is 17.2 Å². The number of hydrogen-bond acceptors (Lipinski definition) is 4. The molecule has 0 fully saturated rings. The first-order chi connectivity index (χ1) is 8.61. The van der Waals surface area contributed by atoms with E-state index in [9.17, 15) is 4.39 Å². The molecule has 2 rings (SSSR count). The van der Waals surface area contributed by atoms with Gasteiger partial charge in [-0.15, -0.1) is 10.2 Å². The molecule has 0 aliphatic carbocycles. The van der Waals surface area contributed by atoms with Crippen molar-refractivity contribution in [1.82, 2.24) is 14.9 Å². The van der Waals surface area contributed by atoms with Crippen LogP contribution in [0.4, 0.5) is 4.39 Å². The van der Waals surface area contributed by atoms with E-state index in [1.54, 1.807) is 6.07 Å². The highest BCUT2D eigenvalue weighted by atomic mass is 35.5. The van der Waals surface area contributed by atoms with Crippen molar-refractivity contribution < 1.29 is 4.39 Å². The molecule has 4 nitrogen and oxygen atoms in total. The lowest BCUT2D eigenvalue weighted by Crippen LogP contribution is -2.13. The van der Waals surface area contributed by atoms with Gasteiger partial charge in [0.2, 0.25) is 5.16 Å². The van der Waals surface area contributed by atoms with E-state index in [0.29, 0.717) is 15.9 Å². The lowest BCUT2D eigenvalue weighted by Gasteiger charge is -2.04. The highest BCUT2D eigenvalue weighted by Crippen LogP contribution is 2.25. The van der Waals surface area contributed by atoms with Crippen LogP contribution in [0.3, 0.4) is 0 Å². The average Bonchev–Trinajstić information content (AvgIpc) is 2.69. The Labute approximate surface area is 113 Å². The summed E-state index contributed by atoms with van der Waals surface area (Å²) < 4.78 is 14.3. The van der Waals surface area contributed by atoms with Gasteiger partial charge in [0.05, 0.1) is 0 Å². The van der Waals surface area contributed by atoms with Crippen LogP contribution in [0, 0.1) is 5.82 Å². The number of thioether (sulfide) groups is 1. The van der Waals surface area contributed by atoms with Crippen molar-refractivity contribution >= 4 is 23.4 Å². The normalized spacial score (nSPS) is 10.8. The minimum Gasteiger partial charge on any atom is -0.336 e. The molecule has 0 bridgehead atoms. The highest BCUT2D eigenvalue weighted by Gasteiger charge is 2.10. The van der Waals surface area contributed by atoms with Crippen molar-refractivity contribution in [2.75, 3.05) is 5.84 Å². The first-order valence-electron chi connectivity index (χ1n) is 5.38. The molecule has 0 aliphatic rings. The molecule has 0 saturated carbocycles. The van der Waals surface area contributed by atoms with Crippen LogP contribution in [0.15, 0.2) is 23.4 Å². The van der Waals surface area contributed by atoms with E-state index >= 15 is 0 Å². The van der Waals surface area contributed by atoms with Gasteiger partial charge in [-0.05, 0) is 17.7 Å². The van der Waals surface area contributed by atoms with Crippen molar-refractivity contribution in [1.29, 1.82) is 0 Å². The average molecular weight is 287 g/mol. The lowest BCUT2D eigenvalue weighted by molar-refractivity contribution is 0.627. The van der Waals surface area contributed by atoms with Gasteiger partial charge in [-0.2, -0.15) is 0 Å². The summed E-state index contributed by atoms with van der Waals surface area (Å²) >= 11 is 7.35. The summed E-state index contributed by atoms with van der Waals surface area (Å²) in [4.78, 5) is 0. The molecule has 18 heavy (non-hydrogen) atoms. The second kappa shape index (κ2) is 5.58. The fourth-order valence-electron chi connectivity index (χ4n) is 1.43. The Bertz CT molecular complexity index is 558. The molecular formula is C11H12ClFN4S. The van der Waals surface area contributed by atoms with E-state index in [2.05, 4.69) is 10.2 Å². The third-order valence-electron chi connectivity index (χ3n) is 2.42. The number of nitrogen functional groups attached to an aromatic ring is 1. The van der Waals surface area contributed by atoms with Gasteiger partial charge in [0.15, 0.2) is 5.82 Å². The second-order valence-corrected chi connectivity index (χ2v) is 5.00. The van der Waals surface area contributed by atoms with Crippen LogP contribution < -0.4 is 5.84 Å². The fraction of sp³-hybridized carbons (Fsp3) is 0.273. The monoisotopic (exact) mass is 286 g/mol. The number of rotatable bonds is 4. The molecule has 2 aromatic rings. The Morgan fingerprint density at radius 3 is 2.83 bits per heavy atom. The quantitative estimate of drug-likeness (QED) is 0.693. The van der Waals surface area contributed by atoms with Gasteiger partial charge in [-0.25, -0.2) is 9.07 Å². The predicted molar refractivity (Wildman–Crippen MR) is 70.5 cm³/mol. The number of benzene rings is 1. The summed E-state index contributed by atoms with van der Waals surface area (Å²) in [7, 11) is 0. The summed E-state index contributed by atoms with van der Waals surface area (Å²) in [6.45, 7) is 1.96. The Kier molecular flexibility index (Phi) is 4.08. The van der Waals surface area contributed by atoms with E-state index in [-0.39, 0.29) is 5.82 Å². The minimum atomic E-state index is -0.344. The van der Waals surface area contributed by atoms with E-state index in [1.165, 1.54) is 28.6 Å². The fourth-order valence-corrected chi connectivity index (χ4v) is 2.62. The van der Waals surface area contributed by atoms with Gasteiger partial charge in [0.25, 0.3) is 0 Å². The Morgan fingerprint density at radius 2 is 2.22 bits per heavy atom. The summed E-state index contributed by atoms with van der Waals surface area (Å²) in [5.41, 5.74) is 0.837. The maximum atomic E-state index is 12.9. The molecule has 2 N–H and O–H groups in total. The molecule has 7 heteroatoms. The minimum absolute atomic E-state index is 0.344. The molecular weight excluding hydrogens is 275 g/mol. The molecule has 0 aliphatic heterocycles. The molecule has 0 atom stereocenters. The van der Waals surface area contributed by atoms with Crippen molar-refractivity contribution in [2.24, 2.45) is 0 Å². The molecule has 0 radical (unpaired) electrons. The van der Waals surface area contributed by atoms with Crippen LogP contribution in [0.25, 0.3) is 0 Å². The Morgan fingerprint density at radius 1 is 1.44 bits per heavy atom. The Balaban J connectivity index is 2.09. The van der Waals surface area contributed by atoms with Gasteiger partial charge >= 0.3 is 0 Å². The first-order valence-corrected chi connectivity index (χ1v) is 6.74. The van der Waals surface area contributed by atoms with E-state index in [4.69, 9.17) is 17.4 Å². The van der Waals surface area contributed by atoms with Gasteiger partial charge < -0.3 is 5.84 Å². The number of halogens is 2. The van der Waals surface area contributed by atoms with Crippen molar-refractivity contribution in [2.45, 2.75) is 24.3 Å². The maximum Gasteiger partial charge on any atom is 0.210 e. The number of aromatic nitrogens is 3. The number of aryl methyl sites for hydroxylation is 1. The van der Waals surface area contributed by atoms with Crippen molar-refractivity contribution in [3.05, 3.63) is 40.4 Å². The third-order valence-corrected chi connectivity index (χ3v) is 3.77. The molecule has 1 aromatic carbocycles. The molecule has 0 amide bonds. The summed E-state index contributed by atoms with van der Waals surface area (Å²) in [6, 6.07) is 4.33. The maximum absolute atomic E-state index is 12.9. The van der Waals surface area contributed by atoms with E-state index in [1.807, 2.05) is 6.92 Å². The van der Waals surface area contributed by atoms with Gasteiger partial charge in [0.1, 0.15) is 5.82 Å². The smallest absolute Gasteiger partial charge is 0.210 e. The second-order valence-electron chi connectivity index (χ2n) is 3.65. The highest BCUT2D eigenvalue weighted by molar-refractivity contribution is 7.98. The van der Waals surface area contributed by atoms with Crippen LogP contribution in [0.1, 0.15) is 18.3 Å². The van der Waals surface area contributed by atoms with Crippen LogP contribution in [-0.4, -0.2) is 14.9 Å². The van der Waals surface area contributed by atoms with Gasteiger partial charge in [-0.1, -0.05) is 36.4 Å².